The van der Waals surface area contributed by atoms with E-state index in [9.17, 15) is 5.11 Å². The molecule has 14 heavy (non-hydrogen) atoms. The molecule has 1 saturated heterocycles. The first-order valence-electron chi connectivity index (χ1n) is 4.75. The average molecular weight is 194 g/mol. The molecule has 1 aromatic rings. The molecule has 3 heteroatoms. The second-order valence-corrected chi connectivity index (χ2v) is 3.42. The van der Waals surface area contributed by atoms with Crippen LogP contribution in [0.2, 0.25) is 0 Å². The van der Waals surface area contributed by atoms with Gasteiger partial charge in [0.25, 0.3) is 0 Å². The minimum absolute atomic E-state index is 0.0446. The summed E-state index contributed by atoms with van der Waals surface area (Å²) in [5.41, 5.74) is 0.321. The van der Waals surface area contributed by atoms with E-state index in [-0.39, 0.29) is 6.61 Å². The van der Waals surface area contributed by atoms with Gasteiger partial charge in [-0.2, -0.15) is 0 Å². The maximum atomic E-state index is 9.39. The maximum absolute atomic E-state index is 9.39. The average Bonchev–Trinajstić information content (AvgIpc) is 2.31. The lowest BCUT2D eigenvalue weighted by Crippen LogP contribution is -2.43. The van der Waals surface area contributed by atoms with Gasteiger partial charge in [0.15, 0.2) is 0 Å². The number of aliphatic hydroxyl groups is 1. The SMILES string of the molecule is OCC1(c2ccccc2)COCCO1. The molecule has 1 aliphatic rings. The molecule has 1 heterocycles. The van der Waals surface area contributed by atoms with E-state index in [0.29, 0.717) is 19.8 Å². The quantitative estimate of drug-likeness (QED) is 0.761. The van der Waals surface area contributed by atoms with Gasteiger partial charge in [-0.3, -0.25) is 0 Å². The number of hydrogen-bond acceptors (Lipinski definition) is 3. The number of ether oxygens (including phenoxy) is 2. The predicted octanol–water partition coefficient (Wildman–Crippen LogP) is 0.921. The summed E-state index contributed by atoms with van der Waals surface area (Å²) >= 11 is 0. The summed E-state index contributed by atoms with van der Waals surface area (Å²) in [6, 6.07) is 9.71. The molecule has 0 aromatic heterocycles. The zero-order chi connectivity index (χ0) is 9.86. The third kappa shape index (κ3) is 1.66. The van der Waals surface area contributed by atoms with E-state index in [1.165, 1.54) is 0 Å². The van der Waals surface area contributed by atoms with Crippen LogP contribution in [0, 0.1) is 0 Å². The molecule has 0 amide bonds. The van der Waals surface area contributed by atoms with Gasteiger partial charge < -0.3 is 14.6 Å². The zero-order valence-electron chi connectivity index (χ0n) is 7.98. The molecule has 1 fully saturated rings. The van der Waals surface area contributed by atoms with Crippen molar-refractivity contribution in [1.82, 2.24) is 0 Å². The Morgan fingerprint density at radius 1 is 1.21 bits per heavy atom. The Hall–Kier alpha value is -0.900. The number of aliphatic hydroxyl groups excluding tert-OH is 1. The van der Waals surface area contributed by atoms with Crippen LogP contribution in [0.1, 0.15) is 5.56 Å². The van der Waals surface area contributed by atoms with E-state index < -0.39 is 5.60 Å². The molecule has 0 aliphatic carbocycles. The Morgan fingerprint density at radius 2 is 2.00 bits per heavy atom. The molecule has 1 unspecified atom stereocenters. The third-order valence-electron chi connectivity index (χ3n) is 2.50. The van der Waals surface area contributed by atoms with Gasteiger partial charge in [0.1, 0.15) is 5.60 Å². The molecule has 1 aromatic carbocycles. The molecule has 0 spiro atoms. The number of rotatable bonds is 2. The summed E-state index contributed by atoms with van der Waals surface area (Å²) in [5, 5.41) is 9.39. The van der Waals surface area contributed by atoms with Crippen LogP contribution < -0.4 is 0 Å². The van der Waals surface area contributed by atoms with Gasteiger partial charge in [-0.05, 0) is 5.56 Å². The minimum atomic E-state index is -0.653. The molecule has 0 saturated carbocycles. The van der Waals surface area contributed by atoms with Crippen molar-refractivity contribution in [1.29, 1.82) is 0 Å². The minimum Gasteiger partial charge on any atom is -0.393 e. The van der Waals surface area contributed by atoms with Crippen molar-refractivity contribution in [3.05, 3.63) is 35.9 Å². The number of hydrogen-bond donors (Lipinski definition) is 1. The van der Waals surface area contributed by atoms with E-state index in [2.05, 4.69) is 0 Å². The Balaban J connectivity index is 2.27. The molecule has 1 aliphatic heterocycles. The fourth-order valence-electron chi connectivity index (χ4n) is 1.67. The fraction of sp³-hybridized carbons (Fsp3) is 0.455. The van der Waals surface area contributed by atoms with Crippen molar-refractivity contribution in [2.24, 2.45) is 0 Å². The summed E-state index contributed by atoms with van der Waals surface area (Å²) < 4.78 is 11.0. The highest BCUT2D eigenvalue weighted by Gasteiger charge is 2.35. The normalized spacial score (nSPS) is 27.5. The van der Waals surface area contributed by atoms with Crippen LogP contribution in [0.4, 0.5) is 0 Å². The summed E-state index contributed by atoms with van der Waals surface area (Å²) in [5.74, 6) is 0. The molecule has 2 rings (SSSR count). The molecule has 0 radical (unpaired) electrons. The van der Waals surface area contributed by atoms with E-state index in [1.54, 1.807) is 0 Å². The van der Waals surface area contributed by atoms with E-state index in [0.717, 1.165) is 5.56 Å². The first-order valence-corrected chi connectivity index (χ1v) is 4.75. The van der Waals surface area contributed by atoms with E-state index >= 15 is 0 Å². The molecule has 3 nitrogen and oxygen atoms in total. The van der Waals surface area contributed by atoms with Crippen LogP contribution in [0.15, 0.2) is 30.3 Å². The van der Waals surface area contributed by atoms with E-state index in [1.807, 2.05) is 30.3 Å². The van der Waals surface area contributed by atoms with Gasteiger partial charge >= 0.3 is 0 Å². The Morgan fingerprint density at radius 3 is 2.57 bits per heavy atom. The molecular weight excluding hydrogens is 180 g/mol. The predicted molar refractivity (Wildman–Crippen MR) is 52.0 cm³/mol. The smallest absolute Gasteiger partial charge is 0.139 e. The number of benzene rings is 1. The summed E-state index contributed by atoms with van der Waals surface area (Å²) in [4.78, 5) is 0. The van der Waals surface area contributed by atoms with Crippen LogP contribution in [-0.2, 0) is 15.1 Å². The van der Waals surface area contributed by atoms with Crippen LogP contribution in [0.3, 0.4) is 0 Å². The Kier molecular flexibility index (Phi) is 2.82. The second-order valence-electron chi connectivity index (χ2n) is 3.42. The maximum Gasteiger partial charge on any atom is 0.139 e. The van der Waals surface area contributed by atoms with Crippen molar-refractivity contribution in [3.8, 4) is 0 Å². The van der Waals surface area contributed by atoms with Crippen LogP contribution in [-0.4, -0.2) is 31.5 Å². The van der Waals surface area contributed by atoms with Crippen LogP contribution in [0.5, 0.6) is 0 Å². The lowest BCUT2D eigenvalue weighted by Gasteiger charge is -2.35. The van der Waals surface area contributed by atoms with Gasteiger partial charge in [0.05, 0.1) is 26.4 Å². The van der Waals surface area contributed by atoms with Crippen molar-refractivity contribution < 1.29 is 14.6 Å². The zero-order valence-corrected chi connectivity index (χ0v) is 7.98. The van der Waals surface area contributed by atoms with Gasteiger partial charge in [-0.15, -0.1) is 0 Å². The summed E-state index contributed by atoms with van der Waals surface area (Å²) in [6.07, 6.45) is 0. The first-order chi connectivity index (χ1) is 6.87. The van der Waals surface area contributed by atoms with Crippen LogP contribution in [0.25, 0.3) is 0 Å². The topological polar surface area (TPSA) is 38.7 Å². The largest absolute Gasteiger partial charge is 0.393 e. The monoisotopic (exact) mass is 194 g/mol. The Labute approximate surface area is 83.3 Å². The highest BCUT2D eigenvalue weighted by atomic mass is 16.6. The van der Waals surface area contributed by atoms with Crippen molar-refractivity contribution >= 4 is 0 Å². The van der Waals surface area contributed by atoms with Crippen molar-refractivity contribution in [2.75, 3.05) is 26.4 Å². The molecule has 1 N–H and O–H groups in total. The van der Waals surface area contributed by atoms with Gasteiger partial charge in [0, 0.05) is 0 Å². The highest BCUT2D eigenvalue weighted by molar-refractivity contribution is 5.23. The van der Waals surface area contributed by atoms with Crippen molar-refractivity contribution in [2.45, 2.75) is 5.60 Å². The van der Waals surface area contributed by atoms with Gasteiger partial charge in [-0.1, -0.05) is 30.3 Å². The van der Waals surface area contributed by atoms with Gasteiger partial charge in [-0.25, -0.2) is 0 Å². The highest BCUT2D eigenvalue weighted by Crippen LogP contribution is 2.27. The fourth-order valence-corrected chi connectivity index (χ4v) is 1.67. The standard InChI is InChI=1S/C11H14O3/c12-8-11(9-13-6-7-14-11)10-4-2-1-3-5-10/h1-5,12H,6-9H2. The van der Waals surface area contributed by atoms with Gasteiger partial charge in [0.2, 0.25) is 0 Å². The van der Waals surface area contributed by atoms with E-state index in [4.69, 9.17) is 9.47 Å². The lowest BCUT2D eigenvalue weighted by molar-refractivity contribution is -0.180. The third-order valence-corrected chi connectivity index (χ3v) is 2.50. The van der Waals surface area contributed by atoms with Crippen LogP contribution >= 0.6 is 0 Å². The second kappa shape index (κ2) is 4.09. The summed E-state index contributed by atoms with van der Waals surface area (Å²) in [7, 11) is 0. The molecule has 76 valence electrons. The molecule has 1 atom stereocenters. The van der Waals surface area contributed by atoms with Crippen molar-refractivity contribution in [3.63, 3.8) is 0 Å². The molecule has 0 bridgehead atoms. The first kappa shape index (κ1) is 9.65. The lowest BCUT2D eigenvalue weighted by atomic mass is 9.95. The Bertz CT molecular complexity index is 278. The summed E-state index contributed by atoms with van der Waals surface area (Å²) in [6.45, 7) is 1.52. The molecular formula is C11H14O3.